The molecule has 0 unspecified atom stereocenters. The zero-order chi connectivity index (χ0) is 14.4. The number of carbonyl (C=O) groups excluding carboxylic acids is 2. The van der Waals surface area contributed by atoms with Crippen LogP contribution in [0.25, 0.3) is 0 Å². The average molecular weight is 300 g/mol. The standard InChI is InChI=1S/C14H24N2O3S/c1-19-14(18)11-4-8-16(9-5-11)13(17)10-20-12-2-6-15-7-3-12/h11-12,15H,2-10H2,1H3. The molecule has 2 fully saturated rings. The number of rotatable bonds is 4. The summed E-state index contributed by atoms with van der Waals surface area (Å²) in [7, 11) is 1.43. The summed E-state index contributed by atoms with van der Waals surface area (Å²) in [6.07, 6.45) is 3.78. The molecule has 1 amide bonds. The number of nitrogens with one attached hydrogen (secondary N) is 1. The van der Waals surface area contributed by atoms with E-state index in [1.54, 1.807) is 11.8 Å². The molecule has 0 aromatic rings. The summed E-state index contributed by atoms with van der Waals surface area (Å²) >= 11 is 1.79. The van der Waals surface area contributed by atoms with Gasteiger partial charge in [-0.15, -0.1) is 11.8 Å². The first-order valence-electron chi connectivity index (χ1n) is 7.38. The second kappa shape index (κ2) is 7.88. The first kappa shape index (κ1) is 15.6. The maximum atomic E-state index is 12.2. The summed E-state index contributed by atoms with van der Waals surface area (Å²) in [4.78, 5) is 25.5. The summed E-state index contributed by atoms with van der Waals surface area (Å²) in [6.45, 7) is 3.50. The molecule has 5 nitrogen and oxygen atoms in total. The fourth-order valence-electron chi connectivity index (χ4n) is 2.77. The number of nitrogens with zero attached hydrogens (tertiary/aromatic N) is 1. The van der Waals surface area contributed by atoms with E-state index in [1.165, 1.54) is 7.11 Å². The smallest absolute Gasteiger partial charge is 0.308 e. The molecule has 0 spiro atoms. The van der Waals surface area contributed by atoms with Gasteiger partial charge in [0.15, 0.2) is 0 Å². The molecule has 2 saturated heterocycles. The second-order valence-electron chi connectivity index (χ2n) is 5.44. The van der Waals surface area contributed by atoms with Crippen LogP contribution in [0.3, 0.4) is 0 Å². The summed E-state index contributed by atoms with van der Waals surface area (Å²) in [6, 6.07) is 0. The summed E-state index contributed by atoms with van der Waals surface area (Å²) in [5.41, 5.74) is 0. The average Bonchev–Trinajstić information content (AvgIpc) is 2.53. The molecule has 2 aliphatic heterocycles. The molecular weight excluding hydrogens is 276 g/mol. The molecule has 0 saturated carbocycles. The molecule has 114 valence electrons. The Balaban J connectivity index is 1.67. The number of hydrogen-bond acceptors (Lipinski definition) is 5. The van der Waals surface area contributed by atoms with Gasteiger partial charge in [0, 0.05) is 18.3 Å². The number of methoxy groups -OCH3 is 1. The highest BCUT2D eigenvalue weighted by atomic mass is 32.2. The first-order valence-corrected chi connectivity index (χ1v) is 8.43. The predicted molar refractivity (Wildman–Crippen MR) is 79.7 cm³/mol. The molecule has 2 rings (SSSR count). The SMILES string of the molecule is COC(=O)C1CCN(C(=O)CSC2CCNCC2)CC1. The molecule has 20 heavy (non-hydrogen) atoms. The van der Waals surface area contributed by atoms with Gasteiger partial charge in [-0.3, -0.25) is 9.59 Å². The Hall–Kier alpha value is -0.750. The van der Waals surface area contributed by atoms with Crippen LogP contribution in [0.15, 0.2) is 0 Å². The number of piperidine rings is 2. The van der Waals surface area contributed by atoms with Gasteiger partial charge in [-0.25, -0.2) is 0 Å². The number of esters is 1. The van der Waals surface area contributed by atoms with Crippen molar-refractivity contribution in [3.63, 3.8) is 0 Å². The minimum Gasteiger partial charge on any atom is -0.469 e. The van der Waals surface area contributed by atoms with Crippen molar-refractivity contribution in [1.82, 2.24) is 10.2 Å². The van der Waals surface area contributed by atoms with E-state index < -0.39 is 0 Å². The van der Waals surface area contributed by atoms with Gasteiger partial charge < -0.3 is 15.0 Å². The lowest BCUT2D eigenvalue weighted by molar-refractivity contribution is -0.148. The molecule has 2 aliphatic rings. The topological polar surface area (TPSA) is 58.6 Å². The lowest BCUT2D eigenvalue weighted by atomic mass is 9.97. The Kier molecular flexibility index (Phi) is 6.16. The summed E-state index contributed by atoms with van der Waals surface area (Å²) < 4.78 is 4.76. The van der Waals surface area contributed by atoms with Gasteiger partial charge in [-0.2, -0.15) is 0 Å². The van der Waals surface area contributed by atoms with Crippen LogP contribution in [-0.2, 0) is 14.3 Å². The number of carbonyl (C=O) groups is 2. The van der Waals surface area contributed by atoms with E-state index in [0.29, 0.717) is 24.1 Å². The van der Waals surface area contributed by atoms with E-state index >= 15 is 0 Å². The molecule has 2 heterocycles. The molecule has 0 atom stereocenters. The van der Waals surface area contributed by atoms with Gasteiger partial charge in [-0.1, -0.05) is 0 Å². The fourth-order valence-corrected chi connectivity index (χ4v) is 3.90. The van der Waals surface area contributed by atoms with Crippen LogP contribution in [0.1, 0.15) is 25.7 Å². The van der Waals surface area contributed by atoms with Crippen LogP contribution in [0.4, 0.5) is 0 Å². The molecule has 0 aliphatic carbocycles. The monoisotopic (exact) mass is 300 g/mol. The van der Waals surface area contributed by atoms with Crippen LogP contribution in [0.5, 0.6) is 0 Å². The zero-order valence-electron chi connectivity index (χ0n) is 12.1. The maximum absolute atomic E-state index is 12.2. The van der Waals surface area contributed by atoms with Crippen LogP contribution < -0.4 is 5.32 Å². The van der Waals surface area contributed by atoms with Crippen LogP contribution in [-0.4, -0.2) is 61.1 Å². The van der Waals surface area contributed by atoms with Crippen molar-refractivity contribution < 1.29 is 14.3 Å². The van der Waals surface area contributed by atoms with Crippen LogP contribution >= 0.6 is 11.8 Å². The number of ether oxygens (including phenoxy) is 1. The second-order valence-corrected chi connectivity index (χ2v) is 6.73. The number of thioether (sulfide) groups is 1. The third-order valence-corrected chi connectivity index (χ3v) is 5.47. The minimum atomic E-state index is -0.138. The molecule has 6 heteroatoms. The normalized spacial score (nSPS) is 21.8. The van der Waals surface area contributed by atoms with Gasteiger partial charge in [-0.05, 0) is 38.8 Å². The molecule has 0 aromatic carbocycles. The Labute approximate surface area is 124 Å². The molecular formula is C14H24N2O3S. The Morgan fingerprint density at radius 2 is 1.85 bits per heavy atom. The highest BCUT2D eigenvalue weighted by Crippen LogP contribution is 2.23. The van der Waals surface area contributed by atoms with Crippen molar-refractivity contribution >= 4 is 23.6 Å². The Bertz CT molecular complexity index is 337. The lowest BCUT2D eigenvalue weighted by Gasteiger charge is -2.31. The van der Waals surface area contributed by atoms with Gasteiger partial charge in [0.2, 0.25) is 5.91 Å². The molecule has 0 radical (unpaired) electrons. The highest BCUT2D eigenvalue weighted by Gasteiger charge is 2.28. The number of amides is 1. The number of hydrogen-bond donors (Lipinski definition) is 1. The van der Waals surface area contributed by atoms with Crippen molar-refractivity contribution in [3.05, 3.63) is 0 Å². The lowest BCUT2D eigenvalue weighted by Crippen LogP contribution is -2.41. The van der Waals surface area contributed by atoms with Gasteiger partial charge in [0.05, 0.1) is 18.8 Å². The minimum absolute atomic E-state index is 0.0267. The highest BCUT2D eigenvalue weighted by molar-refractivity contribution is 8.00. The maximum Gasteiger partial charge on any atom is 0.308 e. The molecule has 0 aromatic heterocycles. The van der Waals surface area contributed by atoms with Gasteiger partial charge in [0.25, 0.3) is 0 Å². The predicted octanol–water partition coefficient (Wildman–Crippen LogP) is 0.883. The first-order chi connectivity index (χ1) is 9.70. The summed E-state index contributed by atoms with van der Waals surface area (Å²) in [5, 5.41) is 3.95. The Morgan fingerprint density at radius 3 is 2.45 bits per heavy atom. The third-order valence-electron chi connectivity index (χ3n) is 4.11. The number of likely N-dealkylation sites (tertiary alicyclic amines) is 1. The third kappa shape index (κ3) is 4.38. The van der Waals surface area contributed by atoms with Gasteiger partial charge >= 0.3 is 5.97 Å². The molecule has 1 N–H and O–H groups in total. The summed E-state index contributed by atoms with van der Waals surface area (Å²) in [5.74, 6) is 0.632. The largest absolute Gasteiger partial charge is 0.469 e. The molecule has 0 bridgehead atoms. The van der Waals surface area contributed by atoms with Gasteiger partial charge in [0.1, 0.15) is 0 Å². The Morgan fingerprint density at radius 1 is 1.20 bits per heavy atom. The van der Waals surface area contributed by atoms with E-state index in [4.69, 9.17) is 4.74 Å². The van der Waals surface area contributed by atoms with E-state index in [9.17, 15) is 9.59 Å². The van der Waals surface area contributed by atoms with Crippen molar-refractivity contribution in [2.45, 2.75) is 30.9 Å². The zero-order valence-corrected chi connectivity index (χ0v) is 12.9. The van der Waals surface area contributed by atoms with E-state index in [2.05, 4.69) is 5.32 Å². The van der Waals surface area contributed by atoms with E-state index in [-0.39, 0.29) is 17.8 Å². The fraction of sp³-hybridized carbons (Fsp3) is 0.857. The van der Waals surface area contributed by atoms with E-state index in [0.717, 1.165) is 38.8 Å². The quantitative estimate of drug-likeness (QED) is 0.781. The van der Waals surface area contributed by atoms with Crippen molar-refractivity contribution in [2.24, 2.45) is 5.92 Å². The van der Waals surface area contributed by atoms with Crippen molar-refractivity contribution in [3.8, 4) is 0 Å². The van der Waals surface area contributed by atoms with Crippen molar-refractivity contribution in [2.75, 3.05) is 39.0 Å². The van der Waals surface area contributed by atoms with E-state index in [1.807, 2.05) is 4.90 Å². The van der Waals surface area contributed by atoms with Crippen molar-refractivity contribution in [1.29, 1.82) is 0 Å². The van der Waals surface area contributed by atoms with Crippen LogP contribution in [0, 0.1) is 5.92 Å². The van der Waals surface area contributed by atoms with Crippen LogP contribution in [0.2, 0.25) is 0 Å².